The number of amides is 1. The first-order valence-electron chi connectivity index (χ1n) is 9.17. The molecule has 4 heteroatoms. The van der Waals surface area contributed by atoms with Crippen LogP contribution in [0.4, 0.5) is 5.69 Å². The molecule has 0 saturated heterocycles. The van der Waals surface area contributed by atoms with Crippen LogP contribution in [0.1, 0.15) is 11.3 Å². The van der Waals surface area contributed by atoms with Gasteiger partial charge in [-0.25, -0.2) is 0 Å². The third-order valence-electron chi connectivity index (χ3n) is 4.46. The first kappa shape index (κ1) is 17.7. The van der Waals surface area contributed by atoms with E-state index < -0.39 is 0 Å². The van der Waals surface area contributed by atoms with Crippen molar-refractivity contribution in [3.05, 3.63) is 102 Å². The van der Waals surface area contributed by atoms with Crippen molar-refractivity contribution >= 4 is 22.4 Å². The highest BCUT2D eigenvalue weighted by Gasteiger charge is 2.08. The lowest BCUT2D eigenvalue weighted by molar-refractivity contribution is -0.115. The predicted octanol–water partition coefficient (Wildman–Crippen LogP) is 5.00. The molecule has 0 aliphatic carbocycles. The highest BCUT2D eigenvalue weighted by molar-refractivity contribution is 5.96. The number of rotatable bonds is 6. The second-order valence-electron chi connectivity index (χ2n) is 6.50. The lowest BCUT2D eigenvalue weighted by Crippen LogP contribution is -2.14. The highest BCUT2D eigenvalue weighted by atomic mass is 16.5. The summed E-state index contributed by atoms with van der Waals surface area (Å²) in [6.45, 7) is 0.383. The fourth-order valence-corrected chi connectivity index (χ4v) is 3.13. The predicted molar refractivity (Wildman–Crippen MR) is 111 cm³/mol. The van der Waals surface area contributed by atoms with Gasteiger partial charge in [0.15, 0.2) is 0 Å². The summed E-state index contributed by atoms with van der Waals surface area (Å²) in [6.07, 6.45) is 2.06. The summed E-state index contributed by atoms with van der Waals surface area (Å²) in [6, 6.07) is 27.2. The number of ether oxygens (including phenoxy) is 1. The Kier molecular flexibility index (Phi) is 5.29. The van der Waals surface area contributed by atoms with E-state index in [2.05, 4.69) is 22.4 Å². The van der Waals surface area contributed by atoms with Crippen LogP contribution in [0.3, 0.4) is 0 Å². The number of fused-ring (bicyclic) bond motifs is 1. The topological polar surface area (TPSA) is 51.2 Å². The number of pyridine rings is 1. The summed E-state index contributed by atoms with van der Waals surface area (Å²) in [5.41, 5.74) is 2.58. The lowest BCUT2D eigenvalue weighted by Gasteiger charge is -2.10. The summed E-state index contributed by atoms with van der Waals surface area (Å²) < 4.78 is 5.78. The zero-order valence-electron chi connectivity index (χ0n) is 15.3. The van der Waals surface area contributed by atoms with Gasteiger partial charge in [-0.3, -0.25) is 9.78 Å². The number of benzene rings is 3. The van der Waals surface area contributed by atoms with Crippen LogP contribution >= 0.6 is 0 Å². The number of hydrogen-bond donors (Lipinski definition) is 1. The number of carbonyl (C=O) groups is 1. The Morgan fingerprint density at radius 2 is 1.71 bits per heavy atom. The van der Waals surface area contributed by atoms with E-state index in [1.165, 1.54) is 0 Å². The van der Waals surface area contributed by atoms with E-state index in [0.717, 1.165) is 22.0 Å². The molecule has 0 unspecified atom stereocenters. The second-order valence-corrected chi connectivity index (χ2v) is 6.50. The Balaban J connectivity index is 1.41. The van der Waals surface area contributed by atoms with Crippen molar-refractivity contribution < 1.29 is 9.53 Å². The molecule has 1 aromatic heterocycles. The number of hydrogen-bond acceptors (Lipinski definition) is 3. The fourth-order valence-electron chi connectivity index (χ4n) is 3.13. The van der Waals surface area contributed by atoms with Crippen LogP contribution in [0.25, 0.3) is 10.8 Å². The van der Waals surface area contributed by atoms with Crippen molar-refractivity contribution in [1.29, 1.82) is 0 Å². The molecule has 0 spiro atoms. The van der Waals surface area contributed by atoms with Gasteiger partial charge < -0.3 is 10.1 Å². The molecule has 0 radical (unpaired) electrons. The van der Waals surface area contributed by atoms with Gasteiger partial charge in [0, 0.05) is 18.0 Å². The number of carbonyl (C=O) groups excluding carboxylic acids is 1. The first-order valence-corrected chi connectivity index (χ1v) is 9.17. The van der Waals surface area contributed by atoms with Crippen molar-refractivity contribution in [2.75, 3.05) is 5.32 Å². The van der Waals surface area contributed by atoms with E-state index in [1.54, 1.807) is 6.20 Å². The molecule has 28 heavy (non-hydrogen) atoms. The van der Waals surface area contributed by atoms with Gasteiger partial charge in [0.2, 0.25) is 5.91 Å². The van der Waals surface area contributed by atoms with E-state index in [9.17, 15) is 4.79 Å². The zero-order valence-corrected chi connectivity index (χ0v) is 15.3. The monoisotopic (exact) mass is 368 g/mol. The summed E-state index contributed by atoms with van der Waals surface area (Å²) in [5.74, 6) is 0.631. The van der Waals surface area contributed by atoms with Gasteiger partial charge in [0.25, 0.3) is 0 Å². The summed E-state index contributed by atoms with van der Waals surface area (Å²) >= 11 is 0. The third-order valence-corrected chi connectivity index (χ3v) is 4.46. The SMILES string of the molecule is O=C(Cc1cccc2ccccc12)Nc1cccc(OCc2ccccn2)c1. The second kappa shape index (κ2) is 8.35. The lowest BCUT2D eigenvalue weighted by atomic mass is 10.0. The molecule has 0 fully saturated rings. The molecule has 4 aromatic rings. The van der Waals surface area contributed by atoms with Crippen LogP contribution in [0.15, 0.2) is 91.1 Å². The van der Waals surface area contributed by atoms with Crippen LogP contribution in [0.5, 0.6) is 5.75 Å². The standard InChI is InChI=1S/C24H20N2O2/c27-24(15-19-9-5-8-18-7-1-2-13-23(18)19)26-20-11-6-12-22(16-20)28-17-21-10-3-4-14-25-21/h1-14,16H,15,17H2,(H,26,27). The number of anilines is 1. The minimum atomic E-state index is -0.0572. The summed E-state index contributed by atoms with van der Waals surface area (Å²) in [7, 11) is 0. The molecule has 138 valence electrons. The molecule has 1 heterocycles. The molecule has 4 rings (SSSR count). The van der Waals surface area contributed by atoms with Gasteiger partial charge >= 0.3 is 0 Å². The van der Waals surface area contributed by atoms with Crippen LogP contribution in [0.2, 0.25) is 0 Å². The van der Waals surface area contributed by atoms with Gasteiger partial charge in [-0.15, -0.1) is 0 Å². The maximum absolute atomic E-state index is 12.6. The quantitative estimate of drug-likeness (QED) is 0.521. The molecule has 1 amide bonds. The van der Waals surface area contributed by atoms with Crippen molar-refractivity contribution in [1.82, 2.24) is 4.98 Å². The molecule has 0 aliphatic rings. The van der Waals surface area contributed by atoms with Crippen molar-refractivity contribution in [2.45, 2.75) is 13.0 Å². The maximum Gasteiger partial charge on any atom is 0.228 e. The first-order chi connectivity index (χ1) is 13.8. The fraction of sp³-hybridized carbons (Fsp3) is 0.0833. The van der Waals surface area contributed by atoms with E-state index in [1.807, 2.05) is 72.8 Å². The number of aromatic nitrogens is 1. The Morgan fingerprint density at radius 1 is 0.893 bits per heavy atom. The molecule has 0 bridgehead atoms. The molecular weight excluding hydrogens is 348 g/mol. The van der Waals surface area contributed by atoms with E-state index >= 15 is 0 Å². The van der Waals surface area contributed by atoms with Gasteiger partial charge in [-0.2, -0.15) is 0 Å². The smallest absolute Gasteiger partial charge is 0.228 e. The maximum atomic E-state index is 12.6. The van der Waals surface area contributed by atoms with Gasteiger partial charge in [0.05, 0.1) is 12.1 Å². The molecule has 4 nitrogen and oxygen atoms in total. The van der Waals surface area contributed by atoms with Crippen molar-refractivity contribution in [2.24, 2.45) is 0 Å². The normalized spacial score (nSPS) is 10.6. The van der Waals surface area contributed by atoms with E-state index in [4.69, 9.17) is 4.74 Å². The highest BCUT2D eigenvalue weighted by Crippen LogP contribution is 2.21. The average molecular weight is 368 g/mol. The Labute approximate surface area is 163 Å². The van der Waals surface area contributed by atoms with Crippen molar-refractivity contribution in [3.63, 3.8) is 0 Å². The minimum absolute atomic E-state index is 0.0572. The average Bonchev–Trinajstić information content (AvgIpc) is 2.73. The van der Waals surface area contributed by atoms with E-state index in [-0.39, 0.29) is 5.91 Å². The Hall–Kier alpha value is -3.66. The largest absolute Gasteiger partial charge is 0.487 e. The van der Waals surface area contributed by atoms with Gasteiger partial charge in [-0.05, 0) is 40.6 Å². The summed E-state index contributed by atoms with van der Waals surface area (Å²) in [4.78, 5) is 16.8. The third kappa shape index (κ3) is 4.35. The summed E-state index contributed by atoms with van der Waals surface area (Å²) in [5, 5.41) is 5.20. The number of nitrogens with zero attached hydrogens (tertiary/aromatic N) is 1. The minimum Gasteiger partial charge on any atom is -0.487 e. The molecule has 0 aliphatic heterocycles. The van der Waals surface area contributed by atoms with Crippen LogP contribution in [-0.2, 0) is 17.8 Å². The molecule has 1 N–H and O–H groups in total. The Morgan fingerprint density at radius 3 is 2.61 bits per heavy atom. The molecule has 3 aromatic carbocycles. The van der Waals surface area contributed by atoms with Crippen LogP contribution in [0, 0.1) is 0 Å². The Bertz CT molecular complexity index is 1090. The van der Waals surface area contributed by atoms with Gasteiger partial charge in [-0.1, -0.05) is 54.6 Å². The number of nitrogens with one attached hydrogen (secondary N) is 1. The molecular formula is C24H20N2O2. The van der Waals surface area contributed by atoms with Crippen molar-refractivity contribution in [3.8, 4) is 5.75 Å². The van der Waals surface area contributed by atoms with Crippen LogP contribution < -0.4 is 10.1 Å². The van der Waals surface area contributed by atoms with Gasteiger partial charge in [0.1, 0.15) is 12.4 Å². The molecule has 0 saturated carbocycles. The zero-order chi connectivity index (χ0) is 19.2. The van der Waals surface area contributed by atoms with E-state index in [0.29, 0.717) is 24.5 Å². The molecule has 0 atom stereocenters. The van der Waals surface area contributed by atoms with Crippen LogP contribution in [-0.4, -0.2) is 10.9 Å².